The number of sulfonamides is 1. The number of halogens is 1. The number of hydrogen-bond donors (Lipinski definition) is 0. The predicted octanol–water partition coefficient (Wildman–Crippen LogP) is 5.64. The molecule has 0 unspecified atom stereocenters. The molecule has 0 aliphatic rings. The van der Waals surface area contributed by atoms with Gasteiger partial charge in [0.05, 0.1) is 20.8 Å². The molecule has 4 aromatic rings. The van der Waals surface area contributed by atoms with Crippen LogP contribution in [0.15, 0.2) is 76.6 Å². The quantitative estimate of drug-likeness (QED) is 0.335. The van der Waals surface area contributed by atoms with Gasteiger partial charge in [0.2, 0.25) is 0 Å². The molecule has 34 heavy (non-hydrogen) atoms. The Morgan fingerprint density at radius 3 is 2.35 bits per heavy atom. The number of anilines is 1. The van der Waals surface area contributed by atoms with Gasteiger partial charge in [0, 0.05) is 23.7 Å². The second kappa shape index (κ2) is 9.74. The highest BCUT2D eigenvalue weighted by Crippen LogP contribution is 2.26. The summed E-state index contributed by atoms with van der Waals surface area (Å²) in [5.74, 6) is -0.433. The molecule has 1 heterocycles. The first-order valence-electron chi connectivity index (χ1n) is 10.8. The summed E-state index contributed by atoms with van der Waals surface area (Å²) < 4.78 is 30.6. The largest absolute Gasteiger partial charge is 0.316 e. The highest BCUT2D eigenvalue weighted by Gasteiger charge is 2.23. The number of carbonyl (C=O) groups is 1. The molecule has 1 amide bonds. The van der Waals surface area contributed by atoms with Crippen LogP contribution in [0.3, 0.4) is 0 Å². The molecule has 6 nitrogen and oxygen atoms in total. The van der Waals surface area contributed by atoms with Crippen molar-refractivity contribution in [1.29, 1.82) is 0 Å². The third kappa shape index (κ3) is 4.53. The highest BCUT2D eigenvalue weighted by molar-refractivity contribution is 7.92. The molecule has 0 aliphatic heterocycles. The molecule has 0 bridgehead atoms. The SMILES string of the molecule is CCN(c1ccccc1)S(=O)(=O)c1ccc(C(=O)N=c2sc3cc(Cl)cc(C)c3n2CC)cc1. The van der Waals surface area contributed by atoms with E-state index < -0.39 is 15.9 Å². The number of thiazole rings is 1. The van der Waals surface area contributed by atoms with Crippen molar-refractivity contribution in [2.45, 2.75) is 32.2 Å². The average Bonchev–Trinajstić information content (AvgIpc) is 3.17. The molecule has 0 atom stereocenters. The lowest BCUT2D eigenvalue weighted by Crippen LogP contribution is -2.30. The number of nitrogens with zero attached hydrogens (tertiary/aromatic N) is 3. The number of hydrogen-bond acceptors (Lipinski definition) is 4. The number of para-hydroxylation sites is 1. The molecule has 0 saturated heterocycles. The van der Waals surface area contributed by atoms with Gasteiger partial charge in [-0.2, -0.15) is 4.99 Å². The maximum Gasteiger partial charge on any atom is 0.279 e. The van der Waals surface area contributed by atoms with Gasteiger partial charge in [-0.1, -0.05) is 41.1 Å². The van der Waals surface area contributed by atoms with Crippen LogP contribution in [0.2, 0.25) is 5.02 Å². The molecule has 4 rings (SSSR count). The van der Waals surface area contributed by atoms with Crippen LogP contribution in [0.1, 0.15) is 29.8 Å². The molecule has 0 spiro atoms. The van der Waals surface area contributed by atoms with E-state index in [1.807, 2.05) is 36.6 Å². The lowest BCUT2D eigenvalue weighted by atomic mass is 10.2. The van der Waals surface area contributed by atoms with Crippen LogP contribution in [0, 0.1) is 6.92 Å². The monoisotopic (exact) mass is 513 g/mol. The van der Waals surface area contributed by atoms with Crippen LogP contribution in [0.4, 0.5) is 5.69 Å². The Kier molecular flexibility index (Phi) is 6.93. The van der Waals surface area contributed by atoms with Crippen molar-refractivity contribution in [3.8, 4) is 0 Å². The molecule has 176 valence electrons. The molecule has 3 aromatic carbocycles. The molecule has 0 N–H and O–H groups in total. The van der Waals surface area contributed by atoms with Gasteiger partial charge in [0.15, 0.2) is 4.80 Å². The summed E-state index contributed by atoms with van der Waals surface area (Å²) in [5.41, 5.74) is 2.93. The van der Waals surface area contributed by atoms with Crippen molar-refractivity contribution in [1.82, 2.24) is 4.57 Å². The summed E-state index contributed by atoms with van der Waals surface area (Å²) in [7, 11) is -3.77. The van der Waals surface area contributed by atoms with Gasteiger partial charge in [0.1, 0.15) is 0 Å². The number of aryl methyl sites for hydroxylation is 2. The number of aromatic nitrogens is 1. The van der Waals surface area contributed by atoms with Crippen LogP contribution in [0.5, 0.6) is 0 Å². The highest BCUT2D eigenvalue weighted by atomic mass is 35.5. The second-order valence-electron chi connectivity index (χ2n) is 7.65. The van der Waals surface area contributed by atoms with E-state index in [9.17, 15) is 13.2 Å². The van der Waals surface area contributed by atoms with E-state index in [2.05, 4.69) is 4.99 Å². The summed E-state index contributed by atoms with van der Waals surface area (Å²) in [6.07, 6.45) is 0. The lowest BCUT2D eigenvalue weighted by Gasteiger charge is -2.22. The standard InChI is InChI=1S/C25H24ClN3O3S2/c1-4-28-23-17(3)15-19(26)16-22(23)33-25(28)27-24(30)18-11-13-21(14-12-18)34(31,32)29(5-2)20-9-7-6-8-10-20/h6-16H,4-5H2,1-3H3. The van der Waals surface area contributed by atoms with Crippen molar-refractivity contribution in [3.05, 3.63) is 87.7 Å². The average molecular weight is 514 g/mol. The fourth-order valence-electron chi connectivity index (χ4n) is 3.89. The van der Waals surface area contributed by atoms with Gasteiger partial charge in [-0.15, -0.1) is 0 Å². The minimum Gasteiger partial charge on any atom is -0.316 e. The molecule has 0 fully saturated rings. The van der Waals surface area contributed by atoms with E-state index in [4.69, 9.17) is 11.6 Å². The van der Waals surface area contributed by atoms with E-state index in [1.54, 1.807) is 31.2 Å². The fourth-order valence-corrected chi connectivity index (χ4v) is 6.91. The Balaban J connectivity index is 1.68. The van der Waals surface area contributed by atoms with Crippen LogP contribution in [-0.4, -0.2) is 25.4 Å². The maximum absolute atomic E-state index is 13.2. The Morgan fingerprint density at radius 2 is 1.74 bits per heavy atom. The Morgan fingerprint density at radius 1 is 1.06 bits per heavy atom. The Bertz CT molecular complexity index is 1520. The number of carbonyl (C=O) groups excluding carboxylic acids is 1. The van der Waals surface area contributed by atoms with Crippen molar-refractivity contribution in [2.24, 2.45) is 4.99 Å². The third-order valence-corrected chi connectivity index (χ3v) is 8.63. The molecule has 0 aliphatic carbocycles. The topological polar surface area (TPSA) is 71.7 Å². The van der Waals surface area contributed by atoms with Crippen LogP contribution < -0.4 is 9.11 Å². The van der Waals surface area contributed by atoms with Crippen LogP contribution in [-0.2, 0) is 16.6 Å². The second-order valence-corrected chi connectivity index (χ2v) is 11.0. The minimum atomic E-state index is -3.77. The van der Waals surface area contributed by atoms with Gasteiger partial charge in [0.25, 0.3) is 15.9 Å². The zero-order valence-electron chi connectivity index (χ0n) is 19.0. The van der Waals surface area contributed by atoms with Crippen LogP contribution >= 0.6 is 22.9 Å². The van der Waals surface area contributed by atoms with Crippen LogP contribution in [0.25, 0.3) is 10.2 Å². The van der Waals surface area contributed by atoms with Crippen molar-refractivity contribution in [2.75, 3.05) is 10.8 Å². The van der Waals surface area contributed by atoms with E-state index in [0.29, 0.717) is 27.6 Å². The van der Waals surface area contributed by atoms with Gasteiger partial charge in [-0.25, -0.2) is 8.42 Å². The molecule has 9 heteroatoms. The normalized spacial score (nSPS) is 12.3. The number of fused-ring (bicyclic) bond motifs is 1. The summed E-state index contributed by atoms with van der Waals surface area (Å²) in [5, 5.41) is 0.640. The van der Waals surface area contributed by atoms with E-state index >= 15 is 0 Å². The van der Waals surface area contributed by atoms with Gasteiger partial charge in [-0.05, 0) is 74.9 Å². The molecule has 1 aromatic heterocycles. The van der Waals surface area contributed by atoms with E-state index in [0.717, 1.165) is 15.8 Å². The Labute approximate surface area is 207 Å². The first kappa shape index (κ1) is 24.2. The predicted molar refractivity (Wildman–Crippen MR) is 138 cm³/mol. The Hall–Kier alpha value is -2.94. The van der Waals surface area contributed by atoms with Gasteiger partial charge >= 0.3 is 0 Å². The van der Waals surface area contributed by atoms with E-state index in [-0.39, 0.29) is 11.4 Å². The molecular formula is C25H24ClN3O3S2. The first-order valence-corrected chi connectivity index (χ1v) is 13.5. The minimum absolute atomic E-state index is 0.116. The summed E-state index contributed by atoms with van der Waals surface area (Å²) in [6, 6.07) is 18.6. The third-order valence-electron chi connectivity index (χ3n) is 5.47. The number of benzene rings is 3. The zero-order valence-corrected chi connectivity index (χ0v) is 21.4. The fraction of sp³-hybridized carbons (Fsp3) is 0.200. The van der Waals surface area contributed by atoms with Gasteiger partial charge in [-0.3, -0.25) is 9.10 Å². The smallest absolute Gasteiger partial charge is 0.279 e. The van der Waals surface area contributed by atoms with Crippen molar-refractivity contribution in [3.63, 3.8) is 0 Å². The van der Waals surface area contributed by atoms with E-state index in [1.165, 1.54) is 39.9 Å². The summed E-state index contributed by atoms with van der Waals surface area (Å²) in [6.45, 7) is 6.69. The maximum atomic E-state index is 13.2. The number of rotatable bonds is 6. The lowest BCUT2D eigenvalue weighted by molar-refractivity contribution is 0.0997. The molecule has 0 radical (unpaired) electrons. The van der Waals surface area contributed by atoms with Crippen molar-refractivity contribution < 1.29 is 13.2 Å². The summed E-state index contributed by atoms with van der Waals surface area (Å²) in [4.78, 5) is 18.0. The van der Waals surface area contributed by atoms with Gasteiger partial charge < -0.3 is 4.57 Å². The first-order chi connectivity index (χ1) is 16.3. The number of amides is 1. The molecule has 0 saturated carbocycles. The zero-order chi connectivity index (χ0) is 24.5. The molecular weight excluding hydrogens is 490 g/mol. The van der Waals surface area contributed by atoms with Crippen molar-refractivity contribution >= 4 is 54.8 Å². The summed E-state index contributed by atoms with van der Waals surface area (Å²) >= 11 is 7.60.